The van der Waals surface area contributed by atoms with Crippen molar-refractivity contribution in [1.29, 1.82) is 0 Å². The quantitative estimate of drug-likeness (QED) is 0.509. The van der Waals surface area contributed by atoms with Gasteiger partial charge in [0, 0.05) is 19.3 Å². The fraction of sp³-hybridized carbons (Fsp3) is 0.688. The first-order valence-corrected chi connectivity index (χ1v) is 7.13. The maximum atomic E-state index is 11.9. The summed E-state index contributed by atoms with van der Waals surface area (Å²) in [5.74, 6) is -1.21. The van der Waals surface area contributed by atoms with Crippen molar-refractivity contribution >= 4 is 17.7 Å². The molecule has 0 aromatic carbocycles. The van der Waals surface area contributed by atoms with Crippen LogP contribution in [0.4, 0.5) is 0 Å². The van der Waals surface area contributed by atoms with E-state index in [0.29, 0.717) is 6.42 Å². The summed E-state index contributed by atoms with van der Waals surface area (Å²) in [4.78, 5) is 34.7. The molecule has 0 radical (unpaired) electrons. The van der Waals surface area contributed by atoms with Gasteiger partial charge in [-0.25, -0.2) is 0 Å². The number of allylic oxidation sites excluding steroid dienone is 1. The molecule has 0 saturated carbocycles. The molecule has 0 aliphatic rings. The van der Waals surface area contributed by atoms with Crippen molar-refractivity contribution in [3.8, 4) is 0 Å². The summed E-state index contributed by atoms with van der Waals surface area (Å²) in [5.41, 5.74) is -1.00. The Morgan fingerprint density at radius 2 is 1.81 bits per heavy atom. The molecule has 0 aromatic heterocycles. The van der Waals surface area contributed by atoms with E-state index in [1.807, 2.05) is 6.92 Å². The molecule has 0 saturated heterocycles. The van der Waals surface area contributed by atoms with Crippen molar-refractivity contribution in [2.45, 2.75) is 53.6 Å². The van der Waals surface area contributed by atoms with Gasteiger partial charge in [-0.15, -0.1) is 0 Å². The molecule has 0 aromatic rings. The molecule has 0 spiro atoms. The third-order valence-electron chi connectivity index (χ3n) is 3.28. The summed E-state index contributed by atoms with van der Waals surface area (Å²) in [6.07, 6.45) is 3.71. The molecular weight excluding hydrogens is 272 g/mol. The average Bonchev–Trinajstić information content (AvgIpc) is 2.41. The van der Waals surface area contributed by atoms with Gasteiger partial charge < -0.3 is 9.47 Å². The van der Waals surface area contributed by atoms with Crippen molar-refractivity contribution in [3.63, 3.8) is 0 Å². The van der Waals surface area contributed by atoms with E-state index in [1.165, 1.54) is 20.1 Å². The van der Waals surface area contributed by atoms with E-state index in [9.17, 15) is 14.4 Å². The molecule has 5 heteroatoms. The highest BCUT2D eigenvalue weighted by Crippen LogP contribution is 2.31. The monoisotopic (exact) mass is 298 g/mol. The third kappa shape index (κ3) is 6.10. The zero-order valence-electron chi connectivity index (χ0n) is 13.8. The topological polar surface area (TPSA) is 69.7 Å². The van der Waals surface area contributed by atoms with Crippen LogP contribution < -0.4 is 0 Å². The van der Waals surface area contributed by atoms with E-state index in [2.05, 4.69) is 0 Å². The number of methoxy groups -OCH3 is 1. The van der Waals surface area contributed by atoms with Gasteiger partial charge >= 0.3 is 11.9 Å². The lowest BCUT2D eigenvalue weighted by Gasteiger charge is -2.34. The summed E-state index contributed by atoms with van der Waals surface area (Å²) in [5, 5.41) is 0. The molecule has 2 atom stereocenters. The molecule has 0 aliphatic carbocycles. The van der Waals surface area contributed by atoms with Gasteiger partial charge in [0.05, 0.1) is 12.5 Å². The maximum Gasteiger partial charge on any atom is 0.315 e. The molecule has 0 fully saturated rings. The first-order valence-electron chi connectivity index (χ1n) is 7.13. The summed E-state index contributed by atoms with van der Waals surface area (Å²) in [6.45, 7) is 8.33. The minimum Gasteiger partial charge on any atom is -0.468 e. The SMILES string of the molecule is CCCC(=O)/C=C/[C@@H](C)[C@H](OC(C)=O)C(C)(C)C(=O)OC. The average molecular weight is 298 g/mol. The van der Waals surface area contributed by atoms with Crippen LogP contribution in [-0.4, -0.2) is 30.9 Å². The molecule has 0 aliphatic heterocycles. The number of ketones is 1. The summed E-state index contributed by atoms with van der Waals surface area (Å²) >= 11 is 0. The van der Waals surface area contributed by atoms with Gasteiger partial charge in [0.2, 0.25) is 0 Å². The molecule has 0 N–H and O–H groups in total. The Bertz CT molecular complexity index is 409. The van der Waals surface area contributed by atoms with Gasteiger partial charge in [0.15, 0.2) is 5.78 Å². The van der Waals surface area contributed by atoms with Crippen molar-refractivity contribution in [2.75, 3.05) is 7.11 Å². The maximum absolute atomic E-state index is 11.9. The highest BCUT2D eigenvalue weighted by atomic mass is 16.6. The normalized spacial score (nSPS) is 14.6. The lowest BCUT2D eigenvalue weighted by atomic mass is 9.79. The van der Waals surface area contributed by atoms with Crippen molar-refractivity contribution in [2.24, 2.45) is 11.3 Å². The van der Waals surface area contributed by atoms with Crippen LogP contribution in [0.3, 0.4) is 0 Å². The third-order valence-corrected chi connectivity index (χ3v) is 3.28. The summed E-state index contributed by atoms with van der Waals surface area (Å²) < 4.78 is 10.1. The fourth-order valence-corrected chi connectivity index (χ4v) is 2.16. The highest BCUT2D eigenvalue weighted by molar-refractivity contribution is 5.89. The highest BCUT2D eigenvalue weighted by Gasteiger charge is 2.42. The van der Waals surface area contributed by atoms with Crippen molar-refractivity contribution in [1.82, 2.24) is 0 Å². The Morgan fingerprint density at radius 1 is 1.24 bits per heavy atom. The van der Waals surface area contributed by atoms with Gasteiger partial charge in [-0.2, -0.15) is 0 Å². The number of hydrogen-bond donors (Lipinski definition) is 0. The minimum atomic E-state index is -1.00. The molecule has 0 rings (SSSR count). The van der Waals surface area contributed by atoms with Gasteiger partial charge in [0.25, 0.3) is 0 Å². The molecular formula is C16H26O5. The predicted octanol–water partition coefficient (Wildman–Crippen LogP) is 2.68. The van der Waals surface area contributed by atoms with E-state index < -0.39 is 23.5 Å². The number of carbonyl (C=O) groups is 3. The van der Waals surface area contributed by atoms with Gasteiger partial charge in [-0.1, -0.05) is 19.9 Å². The van der Waals surface area contributed by atoms with E-state index in [0.717, 1.165) is 6.42 Å². The number of carbonyl (C=O) groups excluding carboxylic acids is 3. The van der Waals surface area contributed by atoms with Crippen LogP contribution in [-0.2, 0) is 23.9 Å². The van der Waals surface area contributed by atoms with Gasteiger partial charge in [-0.3, -0.25) is 14.4 Å². The standard InChI is InChI=1S/C16H26O5/c1-7-8-13(18)10-9-11(2)14(21-12(3)17)16(4,5)15(19)20-6/h9-11,14H,7-8H2,1-6H3/b10-9+/t11-,14+/m1/s1. The molecule has 0 amide bonds. The van der Waals surface area contributed by atoms with Crippen molar-refractivity contribution in [3.05, 3.63) is 12.2 Å². The molecule has 120 valence electrons. The van der Waals surface area contributed by atoms with Crippen LogP contribution in [0, 0.1) is 11.3 Å². The van der Waals surface area contributed by atoms with Crippen LogP contribution in [0.15, 0.2) is 12.2 Å². The van der Waals surface area contributed by atoms with E-state index in [4.69, 9.17) is 9.47 Å². The zero-order chi connectivity index (χ0) is 16.6. The Hall–Kier alpha value is -1.65. The number of hydrogen-bond acceptors (Lipinski definition) is 5. The van der Waals surface area contributed by atoms with Crippen LogP contribution in [0.25, 0.3) is 0 Å². The van der Waals surface area contributed by atoms with Crippen LogP contribution >= 0.6 is 0 Å². The first kappa shape index (κ1) is 19.4. The predicted molar refractivity (Wildman–Crippen MR) is 79.6 cm³/mol. The minimum absolute atomic E-state index is 0.0156. The second kappa shape index (κ2) is 8.60. The second-order valence-corrected chi connectivity index (χ2v) is 5.68. The van der Waals surface area contributed by atoms with E-state index >= 15 is 0 Å². The van der Waals surface area contributed by atoms with Crippen LogP contribution in [0.5, 0.6) is 0 Å². The summed E-state index contributed by atoms with van der Waals surface area (Å²) in [7, 11) is 1.29. The first-order chi connectivity index (χ1) is 9.66. The molecule has 21 heavy (non-hydrogen) atoms. The second-order valence-electron chi connectivity index (χ2n) is 5.68. The lowest BCUT2D eigenvalue weighted by molar-refractivity contribution is -0.170. The lowest BCUT2D eigenvalue weighted by Crippen LogP contribution is -2.44. The number of esters is 2. The van der Waals surface area contributed by atoms with Crippen molar-refractivity contribution < 1.29 is 23.9 Å². The van der Waals surface area contributed by atoms with Gasteiger partial charge in [-0.05, 0) is 26.3 Å². The smallest absolute Gasteiger partial charge is 0.315 e. The van der Waals surface area contributed by atoms with Crippen LogP contribution in [0.2, 0.25) is 0 Å². The van der Waals surface area contributed by atoms with Gasteiger partial charge in [0.1, 0.15) is 6.10 Å². The number of ether oxygens (including phenoxy) is 2. The Kier molecular flexibility index (Phi) is 7.92. The van der Waals surface area contributed by atoms with Crippen LogP contribution in [0.1, 0.15) is 47.5 Å². The Morgan fingerprint density at radius 3 is 2.24 bits per heavy atom. The molecule has 0 unspecified atom stereocenters. The summed E-state index contributed by atoms with van der Waals surface area (Å²) in [6, 6.07) is 0. The fourth-order valence-electron chi connectivity index (χ4n) is 2.16. The Labute approximate surface area is 126 Å². The molecule has 5 nitrogen and oxygen atoms in total. The van der Waals surface area contributed by atoms with E-state index in [-0.39, 0.29) is 11.7 Å². The zero-order valence-corrected chi connectivity index (χ0v) is 13.8. The van der Waals surface area contributed by atoms with E-state index in [1.54, 1.807) is 26.8 Å². The number of rotatable bonds is 8. The largest absolute Gasteiger partial charge is 0.468 e. The molecule has 0 heterocycles. The molecule has 0 bridgehead atoms. The Balaban J connectivity index is 5.19.